The number of amides is 1. The number of hydrogen-bond donors (Lipinski definition) is 1. The monoisotopic (exact) mass is 445 g/mol. The molecule has 10 heteroatoms. The second-order valence-electron chi connectivity index (χ2n) is 6.73. The maximum absolute atomic E-state index is 13.9. The van der Waals surface area contributed by atoms with Crippen LogP contribution >= 0.6 is 0 Å². The minimum absolute atomic E-state index is 0.0572. The van der Waals surface area contributed by atoms with Gasteiger partial charge in [-0.2, -0.15) is 13.2 Å². The third-order valence-electron chi connectivity index (χ3n) is 4.60. The maximum atomic E-state index is 13.9. The summed E-state index contributed by atoms with van der Waals surface area (Å²) in [5.74, 6) is -5.60. The molecule has 0 radical (unpaired) electrons. The number of halogens is 5. The molecule has 0 spiro atoms. The van der Waals surface area contributed by atoms with Crippen molar-refractivity contribution in [3.8, 4) is 11.3 Å². The van der Waals surface area contributed by atoms with Crippen molar-refractivity contribution in [2.45, 2.75) is 6.18 Å². The average Bonchev–Trinajstić information content (AvgIpc) is 3.12. The summed E-state index contributed by atoms with van der Waals surface area (Å²) in [4.78, 5) is 28.3. The summed E-state index contributed by atoms with van der Waals surface area (Å²) in [6.45, 7) is 0. The number of fused-ring (bicyclic) bond motifs is 1. The Labute approximate surface area is 177 Å². The van der Waals surface area contributed by atoms with Crippen LogP contribution in [0.1, 0.15) is 15.9 Å². The van der Waals surface area contributed by atoms with E-state index in [1.165, 1.54) is 22.7 Å². The second kappa shape index (κ2) is 7.88. The lowest BCUT2D eigenvalue weighted by Gasteiger charge is -2.10. The first-order valence-corrected chi connectivity index (χ1v) is 9.10. The minimum atomic E-state index is -5.20. The topological polar surface area (TPSA) is 63.5 Å². The molecule has 4 rings (SSSR count). The van der Waals surface area contributed by atoms with Gasteiger partial charge in [-0.25, -0.2) is 13.8 Å². The first-order valence-electron chi connectivity index (χ1n) is 9.10. The summed E-state index contributed by atoms with van der Waals surface area (Å²) >= 11 is 0. The van der Waals surface area contributed by atoms with Gasteiger partial charge in [0.1, 0.15) is 5.65 Å². The zero-order valence-electron chi connectivity index (χ0n) is 16.0. The Kier molecular flexibility index (Phi) is 5.21. The summed E-state index contributed by atoms with van der Waals surface area (Å²) < 4.78 is 66.9. The highest BCUT2D eigenvalue weighted by Gasteiger charge is 2.39. The van der Waals surface area contributed by atoms with Crippen LogP contribution in [0.5, 0.6) is 0 Å². The Bertz CT molecular complexity index is 1350. The molecule has 1 N–H and O–H groups in total. The predicted molar refractivity (Wildman–Crippen MR) is 105 cm³/mol. The third kappa shape index (κ3) is 3.94. The van der Waals surface area contributed by atoms with E-state index in [4.69, 9.17) is 0 Å². The Morgan fingerprint density at radius 1 is 0.875 bits per heavy atom. The lowest BCUT2D eigenvalue weighted by atomic mass is 10.1. The molecule has 0 aliphatic carbocycles. The van der Waals surface area contributed by atoms with Gasteiger partial charge in [0.25, 0.3) is 0 Å². The molecule has 0 aliphatic heterocycles. The third-order valence-corrected chi connectivity index (χ3v) is 4.60. The standard InChI is InChI=1S/C22H12F5N3O2/c23-15-8-6-13(10-16(15)24)18-20(29-21(32)22(25,26)27)28-17-9-7-14(11-30(17)18)19(31)12-4-2-1-3-5-12/h1-11H,(H,29,32). The molecule has 5 nitrogen and oxygen atoms in total. The summed E-state index contributed by atoms with van der Waals surface area (Å²) in [7, 11) is 0. The Morgan fingerprint density at radius 2 is 1.59 bits per heavy atom. The van der Waals surface area contributed by atoms with Crippen molar-refractivity contribution in [3.05, 3.63) is 89.6 Å². The molecular weight excluding hydrogens is 433 g/mol. The molecule has 162 valence electrons. The number of nitrogens with zero attached hydrogens (tertiary/aromatic N) is 2. The predicted octanol–water partition coefficient (Wildman–Crippen LogP) is 5.01. The first kappa shape index (κ1) is 21.2. The number of anilines is 1. The van der Waals surface area contributed by atoms with Gasteiger partial charge in [0.2, 0.25) is 0 Å². The smallest absolute Gasteiger partial charge is 0.301 e. The van der Waals surface area contributed by atoms with Crippen LogP contribution < -0.4 is 5.32 Å². The van der Waals surface area contributed by atoms with E-state index >= 15 is 0 Å². The van der Waals surface area contributed by atoms with E-state index in [1.54, 1.807) is 35.6 Å². The summed E-state index contributed by atoms with van der Waals surface area (Å²) in [5, 5.41) is 1.66. The van der Waals surface area contributed by atoms with Gasteiger partial charge >= 0.3 is 12.1 Å². The SMILES string of the molecule is O=C(c1ccccc1)c1ccc2nc(NC(=O)C(F)(F)F)c(-c3ccc(F)c(F)c3)n2c1. The molecule has 32 heavy (non-hydrogen) atoms. The number of hydrogen-bond acceptors (Lipinski definition) is 3. The van der Waals surface area contributed by atoms with Gasteiger partial charge in [0.05, 0.1) is 5.69 Å². The molecule has 0 bridgehead atoms. The number of carbonyl (C=O) groups is 2. The van der Waals surface area contributed by atoms with Crippen molar-refractivity contribution >= 4 is 23.2 Å². The van der Waals surface area contributed by atoms with E-state index < -0.39 is 29.5 Å². The van der Waals surface area contributed by atoms with Crippen LogP contribution in [-0.2, 0) is 4.79 Å². The molecule has 2 aromatic heterocycles. The fourth-order valence-corrected chi connectivity index (χ4v) is 3.12. The quantitative estimate of drug-likeness (QED) is 0.355. The molecule has 2 aromatic carbocycles. The van der Waals surface area contributed by atoms with E-state index in [-0.39, 0.29) is 28.3 Å². The van der Waals surface area contributed by atoms with Crippen molar-refractivity contribution in [2.24, 2.45) is 0 Å². The zero-order chi connectivity index (χ0) is 23.0. The second-order valence-corrected chi connectivity index (χ2v) is 6.73. The number of rotatable bonds is 4. The molecule has 0 unspecified atom stereocenters. The van der Waals surface area contributed by atoms with Crippen LogP contribution in [0.3, 0.4) is 0 Å². The van der Waals surface area contributed by atoms with Crippen LogP contribution in [0.2, 0.25) is 0 Å². The van der Waals surface area contributed by atoms with Crippen LogP contribution in [0.4, 0.5) is 27.8 Å². The lowest BCUT2D eigenvalue weighted by molar-refractivity contribution is -0.167. The van der Waals surface area contributed by atoms with Gasteiger partial charge in [0, 0.05) is 22.9 Å². The Morgan fingerprint density at radius 3 is 2.25 bits per heavy atom. The number of ketones is 1. The number of nitrogens with one attached hydrogen (secondary N) is 1. The zero-order valence-corrected chi connectivity index (χ0v) is 16.0. The average molecular weight is 445 g/mol. The van der Waals surface area contributed by atoms with Gasteiger partial charge in [0.15, 0.2) is 23.2 Å². The molecule has 0 fully saturated rings. The fraction of sp³-hybridized carbons (Fsp3) is 0.0455. The van der Waals surface area contributed by atoms with E-state index in [0.29, 0.717) is 5.56 Å². The van der Waals surface area contributed by atoms with Crippen molar-refractivity contribution in [3.63, 3.8) is 0 Å². The summed E-state index contributed by atoms with van der Waals surface area (Å²) in [5.41, 5.74) is 0.398. The van der Waals surface area contributed by atoms with Gasteiger partial charge in [-0.15, -0.1) is 0 Å². The highest BCUT2D eigenvalue weighted by molar-refractivity contribution is 6.09. The normalized spacial score (nSPS) is 11.5. The van der Waals surface area contributed by atoms with Gasteiger partial charge in [-0.05, 0) is 30.3 Å². The van der Waals surface area contributed by atoms with Crippen LogP contribution in [0, 0.1) is 11.6 Å². The van der Waals surface area contributed by atoms with Crippen LogP contribution in [0.25, 0.3) is 16.9 Å². The Balaban J connectivity index is 1.90. The molecule has 4 aromatic rings. The highest BCUT2D eigenvalue weighted by atomic mass is 19.4. The molecule has 0 atom stereocenters. The van der Waals surface area contributed by atoms with E-state index in [1.807, 2.05) is 0 Å². The molecule has 2 heterocycles. The van der Waals surface area contributed by atoms with E-state index in [0.717, 1.165) is 18.2 Å². The largest absolute Gasteiger partial charge is 0.471 e. The number of aromatic nitrogens is 2. The van der Waals surface area contributed by atoms with Crippen molar-refractivity contribution < 1.29 is 31.5 Å². The summed E-state index contributed by atoms with van der Waals surface area (Å²) in [6, 6.07) is 13.7. The summed E-state index contributed by atoms with van der Waals surface area (Å²) in [6.07, 6.45) is -3.90. The molecular formula is C22H12F5N3O2. The van der Waals surface area contributed by atoms with Crippen molar-refractivity contribution in [1.29, 1.82) is 0 Å². The van der Waals surface area contributed by atoms with Crippen LogP contribution in [0.15, 0.2) is 66.9 Å². The number of alkyl halides is 3. The molecule has 0 saturated heterocycles. The minimum Gasteiger partial charge on any atom is -0.301 e. The number of pyridine rings is 1. The van der Waals surface area contributed by atoms with Crippen molar-refractivity contribution in [2.75, 3.05) is 5.32 Å². The van der Waals surface area contributed by atoms with Gasteiger partial charge in [-0.1, -0.05) is 30.3 Å². The fourth-order valence-electron chi connectivity index (χ4n) is 3.12. The molecule has 0 aliphatic rings. The van der Waals surface area contributed by atoms with Gasteiger partial charge < -0.3 is 5.32 Å². The van der Waals surface area contributed by atoms with E-state index in [9.17, 15) is 31.5 Å². The maximum Gasteiger partial charge on any atom is 0.471 e. The number of benzene rings is 2. The number of imidazole rings is 1. The van der Waals surface area contributed by atoms with Gasteiger partial charge in [-0.3, -0.25) is 14.0 Å². The molecule has 1 amide bonds. The molecule has 0 saturated carbocycles. The van der Waals surface area contributed by atoms with Crippen molar-refractivity contribution in [1.82, 2.24) is 9.38 Å². The highest BCUT2D eigenvalue weighted by Crippen LogP contribution is 2.32. The first-order chi connectivity index (χ1) is 15.1. The number of carbonyl (C=O) groups excluding carboxylic acids is 2. The Hall–Kier alpha value is -4.08. The van der Waals surface area contributed by atoms with E-state index in [2.05, 4.69) is 4.98 Å². The van der Waals surface area contributed by atoms with Crippen LogP contribution in [-0.4, -0.2) is 27.3 Å². The lowest BCUT2D eigenvalue weighted by Crippen LogP contribution is -2.30.